The minimum Gasteiger partial charge on any atom is -0.469 e. The maximum atomic E-state index is 14.4. The highest BCUT2D eigenvalue weighted by Gasteiger charge is 2.61. The van der Waals surface area contributed by atoms with E-state index in [4.69, 9.17) is 18.9 Å². The van der Waals surface area contributed by atoms with Gasteiger partial charge in [0.2, 0.25) is 5.91 Å². The minimum absolute atomic E-state index is 0.0105. The third-order valence-electron chi connectivity index (χ3n) is 9.71. The number of methoxy groups -OCH3 is 1. The van der Waals surface area contributed by atoms with Gasteiger partial charge in [0.1, 0.15) is 34.0 Å². The Morgan fingerprint density at radius 2 is 1.71 bits per heavy atom. The summed E-state index contributed by atoms with van der Waals surface area (Å²) >= 11 is 0. The number of sulfonamides is 1. The van der Waals surface area contributed by atoms with Crippen LogP contribution in [0.25, 0.3) is 0 Å². The monoisotopic (exact) mass is 831 g/mol. The molecule has 316 valence electrons. The van der Waals surface area contributed by atoms with Gasteiger partial charge in [-0.05, 0) is 51.0 Å². The van der Waals surface area contributed by atoms with E-state index in [2.05, 4.69) is 26.7 Å². The molecule has 0 aromatic heterocycles. The molecule has 0 radical (unpaired) electrons. The van der Waals surface area contributed by atoms with Gasteiger partial charge in [-0.25, -0.2) is 27.1 Å². The van der Waals surface area contributed by atoms with Crippen molar-refractivity contribution < 1.29 is 60.5 Å². The van der Waals surface area contributed by atoms with Crippen LogP contribution < -0.4 is 15.4 Å². The van der Waals surface area contributed by atoms with Gasteiger partial charge in [0.15, 0.2) is 0 Å². The number of hydrogen-bond donors (Lipinski definition) is 3. The third-order valence-corrected chi connectivity index (χ3v) is 11.1. The quantitative estimate of drug-likeness (QED) is 0.0907. The van der Waals surface area contributed by atoms with E-state index in [-0.39, 0.29) is 88.4 Å². The summed E-state index contributed by atoms with van der Waals surface area (Å²) in [6.07, 6.45) is -1.19. The lowest BCUT2D eigenvalue weighted by Crippen LogP contribution is -2.56. The van der Waals surface area contributed by atoms with Gasteiger partial charge in [0.05, 0.1) is 58.7 Å². The van der Waals surface area contributed by atoms with Crippen molar-refractivity contribution in [2.45, 2.75) is 81.3 Å². The predicted octanol–water partition coefficient (Wildman–Crippen LogP) is 3.23. The second-order valence-electron chi connectivity index (χ2n) is 15.0. The number of hydrogen-bond acceptors (Lipinski definition) is 13. The zero-order valence-corrected chi connectivity index (χ0v) is 33.7. The molecule has 0 unspecified atom stereocenters. The number of carbonyl (C=O) groups excluding carboxylic acids is 5. The number of fused-ring (bicyclic) bond motifs is 1. The molecule has 0 spiro atoms. The van der Waals surface area contributed by atoms with Gasteiger partial charge < -0.3 is 34.3 Å². The van der Waals surface area contributed by atoms with Gasteiger partial charge in [-0.2, -0.15) is 0 Å². The number of esters is 1. The Kier molecular flexibility index (Phi) is 14.0. The first-order valence-electron chi connectivity index (χ1n) is 18.8. The molecule has 1 saturated heterocycles. The van der Waals surface area contributed by atoms with Crippen LogP contribution in [0.15, 0.2) is 60.0 Å². The highest BCUT2D eigenvalue weighted by molar-refractivity contribution is 7.90. The molecule has 3 N–H and O–H groups in total. The number of amides is 4. The molecular formula is C39H50FN5O12S. The van der Waals surface area contributed by atoms with E-state index in [0.717, 1.165) is 4.90 Å². The Morgan fingerprint density at radius 3 is 2.38 bits per heavy atom. The van der Waals surface area contributed by atoms with Crippen molar-refractivity contribution in [3.05, 3.63) is 72.1 Å². The zero-order valence-electron chi connectivity index (χ0n) is 32.9. The molecule has 17 nitrogen and oxygen atoms in total. The van der Waals surface area contributed by atoms with Gasteiger partial charge in [-0.15, -0.1) is 6.58 Å². The summed E-state index contributed by atoms with van der Waals surface area (Å²) in [5.41, 5.74) is -1.46. The van der Waals surface area contributed by atoms with E-state index >= 15 is 0 Å². The van der Waals surface area contributed by atoms with Crippen molar-refractivity contribution in [3.8, 4) is 0 Å². The number of nitrogens with one attached hydrogen (secondary N) is 3. The molecular weight excluding hydrogens is 782 g/mol. The van der Waals surface area contributed by atoms with Crippen molar-refractivity contribution >= 4 is 45.7 Å². The summed E-state index contributed by atoms with van der Waals surface area (Å²) in [5, 5.41) is 5.66. The molecule has 3 aliphatic rings. The van der Waals surface area contributed by atoms with Crippen LogP contribution in [0.4, 0.5) is 19.7 Å². The predicted molar refractivity (Wildman–Crippen MR) is 205 cm³/mol. The first-order valence-corrected chi connectivity index (χ1v) is 20.2. The van der Waals surface area contributed by atoms with Crippen LogP contribution in [0, 0.1) is 11.7 Å². The first kappa shape index (κ1) is 43.8. The Labute approximate surface area is 336 Å². The van der Waals surface area contributed by atoms with Crippen molar-refractivity contribution in [2.24, 2.45) is 5.92 Å². The van der Waals surface area contributed by atoms with E-state index in [1.807, 2.05) is 0 Å². The molecule has 4 amide bonds. The normalized spacial score (nSPS) is 21.1. The Bertz CT molecular complexity index is 1990. The molecule has 0 bridgehead atoms. The first-order chi connectivity index (χ1) is 27.5. The Morgan fingerprint density at radius 1 is 0.983 bits per heavy atom. The number of nitrogens with zero attached hydrogens (tertiary/aromatic N) is 2. The van der Waals surface area contributed by atoms with Crippen LogP contribution >= 0.6 is 0 Å². The van der Waals surface area contributed by atoms with Crippen molar-refractivity contribution in [1.29, 1.82) is 0 Å². The molecule has 2 heterocycles. The fourth-order valence-electron chi connectivity index (χ4n) is 6.67. The average Bonchev–Trinajstić information content (AvgIpc) is 3.45. The smallest absolute Gasteiger partial charge is 0.411 e. The summed E-state index contributed by atoms with van der Waals surface area (Å²) in [6, 6.07) is 9.23. The van der Waals surface area contributed by atoms with E-state index in [1.54, 1.807) is 39.0 Å². The van der Waals surface area contributed by atoms with Crippen molar-refractivity contribution in [2.75, 3.05) is 51.9 Å². The number of rotatable bonds is 17. The fourth-order valence-corrected chi connectivity index (χ4v) is 7.89. The van der Waals surface area contributed by atoms with E-state index < -0.39 is 69.0 Å². The number of ether oxygens (including phenoxy) is 5. The highest BCUT2D eigenvalue weighted by atomic mass is 32.2. The molecule has 1 saturated carbocycles. The topological polar surface area (TPSA) is 208 Å². The minimum atomic E-state index is -4.50. The van der Waals surface area contributed by atoms with Crippen LogP contribution in [0.1, 0.15) is 51.2 Å². The molecule has 1 aliphatic carbocycles. The molecule has 2 aromatic carbocycles. The Balaban J connectivity index is 1.21. The number of benzene rings is 2. The second kappa shape index (κ2) is 18.5. The van der Waals surface area contributed by atoms with Gasteiger partial charge in [-0.1, -0.05) is 30.3 Å². The molecule has 2 aromatic rings. The van der Waals surface area contributed by atoms with Crippen molar-refractivity contribution in [1.82, 2.24) is 19.8 Å². The van der Waals surface area contributed by atoms with Gasteiger partial charge in [-0.3, -0.25) is 24.2 Å². The summed E-state index contributed by atoms with van der Waals surface area (Å²) in [6.45, 7) is 9.62. The van der Waals surface area contributed by atoms with Gasteiger partial charge in [0.25, 0.3) is 15.9 Å². The maximum Gasteiger partial charge on any atom is 0.411 e. The maximum absolute atomic E-state index is 14.4. The number of para-hydroxylation sites is 1. The lowest BCUT2D eigenvalue weighted by molar-refractivity contribution is -0.142. The van der Waals surface area contributed by atoms with Crippen LogP contribution in [0.2, 0.25) is 0 Å². The third kappa shape index (κ3) is 10.8. The molecule has 4 atom stereocenters. The fraction of sp³-hybridized carbons (Fsp3) is 0.513. The van der Waals surface area contributed by atoms with Crippen LogP contribution in [-0.4, -0.2) is 118 Å². The lowest BCUT2D eigenvalue weighted by atomic mass is 10.1. The summed E-state index contributed by atoms with van der Waals surface area (Å²) in [4.78, 5) is 67.8. The Hall–Kier alpha value is -5.27. The second-order valence-corrected chi connectivity index (χ2v) is 16.7. The standard InChI is InChI=1S/C39H50FN5O12S/c1-6-26-21-39(26,35(48)43-58(51,52)32-13-8-7-12-30(32)41-15-17-55-19-18-54-16-14-33(46)53-5)42-34(47)31-20-27(23-45(31)37(50)57-38(2,3)4)56-36(49)44-22-25-10-9-11-29(40)28(25)24-44/h6-13,26-27,31,41H,1,14-24H2,2-5H3,(H,42,47)(H,43,48)/t26-,27-,31+,39-/m1/s1. The van der Waals surface area contributed by atoms with Crippen molar-refractivity contribution in [3.63, 3.8) is 0 Å². The molecule has 19 heteroatoms. The van der Waals surface area contributed by atoms with Crippen LogP contribution in [-0.2, 0) is 61.2 Å². The number of halogens is 1. The van der Waals surface area contributed by atoms with Crippen LogP contribution in [0.3, 0.4) is 0 Å². The summed E-state index contributed by atoms with van der Waals surface area (Å²) in [5.74, 6) is -3.29. The SMILES string of the molecule is C=C[C@@H]1C[C@]1(NC(=O)[C@@H]1C[C@@H](OC(=O)N2Cc3cccc(F)c3C2)CN1C(=O)OC(C)(C)C)C(=O)NS(=O)(=O)c1ccccc1NCCOCCOCCC(=O)OC. The van der Waals surface area contributed by atoms with E-state index in [1.165, 1.54) is 42.4 Å². The highest BCUT2D eigenvalue weighted by Crippen LogP contribution is 2.45. The van der Waals surface area contributed by atoms with Gasteiger partial charge >= 0.3 is 18.2 Å². The van der Waals surface area contributed by atoms with Crippen LogP contribution in [0.5, 0.6) is 0 Å². The van der Waals surface area contributed by atoms with Gasteiger partial charge in [0, 0.05) is 31.0 Å². The molecule has 2 fully saturated rings. The number of carbonyl (C=O) groups is 5. The summed E-state index contributed by atoms with van der Waals surface area (Å²) < 4.78 is 70.4. The zero-order chi connectivity index (χ0) is 42.3. The summed E-state index contributed by atoms with van der Waals surface area (Å²) in [7, 11) is -3.21. The largest absolute Gasteiger partial charge is 0.469 e. The number of anilines is 1. The number of likely N-dealkylation sites (tertiary alicyclic amines) is 1. The van der Waals surface area contributed by atoms with E-state index in [0.29, 0.717) is 11.1 Å². The lowest BCUT2D eigenvalue weighted by Gasteiger charge is -2.29. The van der Waals surface area contributed by atoms with E-state index in [9.17, 15) is 36.8 Å². The molecule has 2 aliphatic heterocycles. The average molecular weight is 832 g/mol. The molecule has 58 heavy (non-hydrogen) atoms. The molecule has 5 rings (SSSR count).